The molecule has 0 saturated carbocycles. The summed E-state index contributed by atoms with van der Waals surface area (Å²) in [7, 11) is 0. The van der Waals surface area contributed by atoms with Gasteiger partial charge in [-0.15, -0.1) is 0 Å². The van der Waals surface area contributed by atoms with Crippen molar-refractivity contribution in [1.29, 1.82) is 0 Å². The summed E-state index contributed by atoms with van der Waals surface area (Å²) in [5.41, 5.74) is -0.0210. The molecule has 0 unspecified atom stereocenters. The third kappa shape index (κ3) is 3.03. The number of rotatable bonds is 1. The highest BCUT2D eigenvalue weighted by molar-refractivity contribution is 5.75. The molecule has 1 aromatic heterocycles. The molecule has 0 aromatic carbocycles. The van der Waals surface area contributed by atoms with Gasteiger partial charge >= 0.3 is 0 Å². The molecular weight excluding hydrogens is 138 g/mol. The van der Waals surface area contributed by atoms with Gasteiger partial charge in [0, 0.05) is 0 Å². The van der Waals surface area contributed by atoms with E-state index in [4.69, 9.17) is 4.42 Å². The minimum Gasteiger partial charge on any atom is -0.463 e. The van der Waals surface area contributed by atoms with Crippen LogP contribution in [0.25, 0.3) is 0 Å². The summed E-state index contributed by atoms with van der Waals surface area (Å²) >= 11 is 0. The zero-order valence-corrected chi connectivity index (χ0v) is 7.16. The molecule has 0 saturated heterocycles. The van der Waals surface area contributed by atoms with Gasteiger partial charge in [0.05, 0.1) is 18.0 Å². The lowest BCUT2D eigenvalue weighted by molar-refractivity contribution is 0.551. The van der Waals surface area contributed by atoms with E-state index in [2.05, 4.69) is 4.99 Å². The Kier molecular flexibility index (Phi) is 2.13. The van der Waals surface area contributed by atoms with Crippen molar-refractivity contribution < 1.29 is 4.42 Å². The Labute approximate surface area is 66.9 Å². The molecule has 0 N–H and O–H groups in total. The van der Waals surface area contributed by atoms with Gasteiger partial charge in [-0.2, -0.15) is 0 Å². The average molecular weight is 151 g/mol. The molecule has 0 aliphatic carbocycles. The Morgan fingerprint density at radius 3 is 2.64 bits per heavy atom. The molecule has 0 aliphatic rings. The minimum atomic E-state index is -0.0210. The number of hydrogen-bond acceptors (Lipinski definition) is 2. The van der Waals surface area contributed by atoms with Gasteiger partial charge < -0.3 is 4.42 Å². The van der Waals surface area contributed by atoms with Crippen molar-refractivity contribution in [1.82, 2.24) is 0 Å². The highest BCUT2D eigenvalue weighted by Gasteiger charge is 2.04. The van der Waals surface area contributed by atoms with Crippen LogP contribution in [0.5, 0.6) is 0 Å². The first kappa shape index (κ1) is 8.05. The van der Waals surface area contributed by atoms with E-state index in [1.807, 2.05) is 32.9 Å². The van der Waals surface area contributed by atoms with Gasteiger partial charge in [-0.25, -0.2) is 0 Å². The first-order valence-corrected chi connectivity index (χ1v) is 3.67. The van der Waals surface area contributed by atoms with E-state index in [9.17, 15) is 0 Å². The van der Waals surface area contributed by atoms with E-state index < -0.39 is 0 Å². The zero-order valence-electron chi connectivity index (χ0n) is 7.16. The summed E-state index contributed by atoms with van der Waals surface area (Å²) in [4.78, 5) is 4.28. The van der Waals surface area contributed by atoms with Crippen molar-refractivity contribution in [3.63, 3.8) is 0 Å². The molecule has 0 radical (unpaired) electrons. The largest absolute Gasteiger partial charge is 0.463 e. The van der Waals surface area contributed by atoms with Crippen LogP contribution < -0.4 is 0 Å². The van der Waals surface area contributed by atoms with Crippen LogP contribution in [-0.4, -0.2) is 11.8 Å². The predicted octanol–water partition coefficient (Wildman–Crippen LogP) is 2.50. The molecule has 0 spiro atoms. The van der Waals surface area contributed by atoms with Crippen LogP contribution in [-0.2, 0) is 0 Å². The first-order chi connectivity index (χ1) is 5.08. The molecule has 0 amide bonds. The Hall–Kier alpha value is -1.05. The maximum atomic E-state index is 5.08. The van der Waals surface area contributed by atoms with E-state index in [1.165, 1.54) is 0 Å². The zero-order chi connectivity index (χ0) is 8.32. The van der Waals surface area contributed by atoms with Crippen LogP contribution in [0.4, 0.5) is 0 Å². The molecule has 0 atom stereocenters. The smallest absolute Gasteiger partial charge is 0.144 e. The summed E-state index contributed by atoms with van der Waals surface area (Å²) < 4.78 is 5.08. The lowest BCUT2D eigenvalue weighted by atomic mass is 10.1. The third-order valence-corrected chi connectivity index (χ3v) is 1.12. The summed E-state index contributed by atoms with van der Waals surface area (Å²) in [6.45, 7) is 6.14. The Balaban J connectivity index is 2.63. The van der Waals surface area contributed by atoms with Crippen molar-refractivity contribution in [2.45, 2.75) is 26.3 Å². The summed E-state index contributed by atoms with van der Waals surface area (Å²) in [6, 6.07) is 3.74. The summed E-state index contributed by atoms with van der Waals surface area (Å²) in [6.07, 6.45) is 3.39. The lowest BCUT2D eigenvalue weighted by Gasteiger charge is -2.09. The Morgan fingerprint density at radius 2 is 2.18 bits per heavy atom. The molecule has 1 aromatic rings. The Morgan fingerprint density at radius 1 is 1.45 bits per heavy atom. The fourth-order valence-electron chi connectivity index (χ4n) is 0.622. The Bertz CT molecular complexity index is 229. The molecular formula is C9H13NO. The second-order valence-electron chi connectivity index (χ2n) is 3.44. The quantitative estimate of drug-likeness (QED) is 0.566. The lowest BCUT2D eigenvalue weighted by Crippen LogP contribution is -2.09. The van der Waals surface area contributed by atoms with E-state index in [1.54, 1.807) is 12.5 Å². The van der Waals surface area contributed by atoms with Gasteiger partial charge in [0.1, 0.15) is 5.76 Å². The second-order valence-corrected chi connectivity index (χ2v) is 3.44. The molecule has 1 rings (SSSR count). The fourth-order valence-corrected chi connectivity index (χ4v) is 0.622. The van der Waals surface area contributed by atoms with E-state index >= 15 is 0 Å². The van der Waals surface area contributed by atoms with Crippen LogP contribution >= 0.6 is 0 Å². The predicted molar refractivity (Wildman–Crippen MR) is 46.1 cm³/mol. The number of aliphatic imine (C=N–C) groups is 1. The van der Waals surface area contributed by atoms with Crippen molar-refractivity contribution in [2.24, 2.45) is 4.99 Å². The van der Waals surface area contributed by atoms with Gasteiger partial charge in [0.25, 0.3) is 0 Å². The van der Waals surface area contributed by atoms with Crippen molar-refractivity contribution in [3.8, 4) is 0 Å². The number of nitrogens with zero attached hydrogens (tertiary/aromatic N) is 1. The van der Waals surface area contributed by atoms with Crippen molar-refractivity contribution in [2.75, 3.05) is 0 Å². The van der Waals surface area contributed by atoms with Gasteiger partial charge in [-0.05, 0) is 32.9 Å². The van der Waals surface area contributed by atoms with Crippen LogP contribution in [0.1, 0.15) is 26.5 Å². The van der Waals surface area contributed by atoms with Gasteiger partial charge in [0.15, 0.2) is 0 Å². The highest BCUT2D eigenvalue weighted by Crippen LogP contribution is 2.06. The van der Waals surface area contributed by atoms with E-state index in [0.717, 1.165) is 5.76 Å². The summed E-state index contributed by atoms with van der Waals surface area (Å²) in [5, 5.41) is 0. The fraction of sp³-hybridized carbons (Fsp3) is 0.444. The maximum absolute atomic E-state index is 5.08. The minimum absolute atomic E-state index is 0.0210. The van der Waals surface area contributed by atoms with Crippen molar-refractivity contribution in [3.05, 3.63) is 24.2 Å². The van der Waals surface area contributed by atoms with Gasteiger partial charge in [-0.1, -0.05) is 0 Å². The van der Waals surface area contributed by atoms with Crippen LogP contribution in [0.15, 0.2) is 27.8 Å². The highest BCUT2D eigenvalue weighted by atomic mass is 16.3. The molecule has 2 heteroatoms. The normalized spacial score (nSPS) is 12.6. The molecule has 0 fully saturated rings. The SMILES string of the molecule is CC(C)(C)/N=C/c1ccco1. The monoisotopic (exact) mass is 151 g/mol. The number of hydrogen-bond donors (Lipinski definition) is 0. The van der Waals surface area contributed by atoms with Crippen LogP contribution in [0.2, 0.25) is 0 Å². The first-order valence-electron chi connectivity index (χ1n) is 3.67. The summed E-state index contributed by atoms with van der Waals surface area (Å²) in [5.74, 6) is 0.805. The molecule has 60 valence electrons. The van der Waals surface area contributed by atoms with E-state index in [0.29, 0.717) is 0 Å². The van der Waals surface area contributed by atoms with E-state index in [-0.39, 0.29) is 5.54 Å². The second kappa shape index (κ2) is 2.91. The molecule has 1 heterocycles. The molecule has 0 aliphatic heterocycles. The standard InChI is InChI=1S/C9H13NO/c1-9(2,3)10-7-8-5-4-6-11-8/h4-7H,1-3H3/b10-7+. The number of furan rings is 1. The van der Waals surface area contributed by atoms with Crippen LogP contribution in [0, 0.1) is 0 Å². The third-order valence-electron chi connectivity index (χ3n) is 1.12. The molecule has 0 bridgehead atoms. The van der Waals surface area contributed by atoms with Gasteiger partial charge in [-0.3, -0.25) is 4.99 Å². The molecule has 11 heavy (non-hydrogen) atoms. The topological polar surface area (TPSA) is 25.5 Å². The van der Waals surface area contributed by atoms with Gasteiger partial charge in [0.2, 0.25) is 0 Å². The van der Waals surface area contributed by atoms with Crippen molar-refractivity contribution >= 4 is 6.21 Å². The van der Waals surface area contributed by atoms with Crippen LogP contribution in [0.3, 0.4) is 0 Å². The maximum Gasteiger partial charge on any atom is 0.144 e. The average Bonchev–Trinajstić information content (AvgIpc) is 2.32. The molecule has 2 nitrogen and oxygen atoms in total.